The first kappa shape index (κ1) is 25.0. The van der Waals surface area contributed by atoms with E-state index in [0.717, 1.165) is 31.6 Å². The summed E-state index contributed by atoms with van der Waals surface area (Å²) < 4.78 is 7.08. The normalized spacial score (nSPS) is 27.1. The Balaban J connectivity index is 1.76. The number of fused-ring (bicyclic) bond motifs is 2. The zero-order valence-corrected chi connectivity index (χ0v) is 22.3. The van der Waals surface area contributed by atoms with Gasteiger partial charge >= 0.3 is 0 Å². The third-order valence-electron chi connectivity index (χ3n) is 8.82. The van der Waals surface area contributed by atoms with Gasteiger partial charge in [-0.25, -0.2) is 0 Å². The van der Waals surface area contributed by atoms with Crippen molar-refractivity contribution in [2.75, 3.05) is 0 Å². The lowest BCUT2D eigenvalue weighted by molar-refractivity contribution is 0.0924. The van der Waals surface area contributed by atoms with Crippen molar-refractivity contribution >= 4 is 8.32 Å². The summed E-state index contributed by atoms with van der Waals surface area (Å²) in [5, 5.41) is 10.9. The molecule has 31 heavy (non-hydrogen) atoms. The smallest absolute Gasteiger partial charge is 0.192 e. The van der Waals surface area contributed by atoms with Gasteiger partial charge in [0.15, 0.2) is 8.32 Å². The van der Waals surface area contributed by atoms with Crippen LogP contribution in [0.2, 0.25) is 18.1 Å². The first-order chi connectivity index (χ1) is 14.5. The van der Waals surface area contributed by atoms with Gasteiger partial charge in [0.2, 0.25) is 0 Å². The molecule has 1 aromatic carbocycles. The molecule has 0 amide bonds. The van der Waals surface area contributed by atoms with Crippen molar-refractivity contribution in [3.8, 4) is 0 Å². The third-order valence-corrected chi connectivity index (χ3v) is 13.3. The molecule has 0 spiro atoms. The molecule has 0 saturated heterocycles. The van der Waals surface area contributed by atoms with E-state index in [9.17, 15) is 5.11 Å². The second-order valence-corrected chi connectivity index (χ2v) is 16.8. The van der Waals surface area contributed by atoms with E-state index in [-0.39, 0.29) is 11.1 Å². The summed E-state index contributed by atoms with van der Waals surface area (Å²) in [5.74, 6) is 2.05. The Bertz CT molecular complexity index is 720. The molecule has 0 radical (unpaired) electrons. The number of aliphatic hydroxyl groups is 1. The van der Waals surface area contributed by atoms with Crippen molar-refractivity contribution in [2.45, 2.75) is 123 Å². The quantitative estimate of drug-likeness (QED) is 0.316. The minimum absolute atomic E-state index is 0.141. The number of aliphatic hydroxyl groups excluding tert-OH is 1. The maximum atomic E-state index is 10.6. The van der Waals surface area contributed by atoms with Crippen LogP contribution in [-0.4, -0.2) is 25.6 Å². The second-order valence-electron chi connectivity index (χ2n) is 12.1. The molecule has 5 atom stereocenters. The van der Waals surface area contributed by atoms with Crippen LogP contribution in [0.4, 0.5) is 0 Å². The summed E-state index contributed by atoms with van der Waals surface area (Å²) in [7, 11) is -1.81. The van der Waals surface area contributed by atoms with Gasteiger partial charge in [-0.2, -0.15) is 0 Å². The lowest BCUT2D eigenvalue weighted by atomic mass is 9.73. The van der Waals surface area contributed by atoms with Gasteiger partial charge in [0.25, 0.3) is 0 Å². The average molecular weight is 445 g/mol. The summed E-state index contributed by atoms with van der Waals surface area (Å²) in [4.78, 5) is 0. The maximum absolute atomic E-state index is 10.6. The van der Waals surface area contributed by atoms with Crippen molar-refractivity contribution in [2.24, 2.45) is 17.8 Å². The Morgan fingerprint density at radius 3 is 2.55 bits per heavy atom. The van der Waals surface area contributed by atoms with Crippen LogP contribution in [-0.2, 0) is 17.3 Å². The fourth-order valence-corrected chi connectivity index (χ4v) is 7.22. The van der Waals surface area contributed by atoms with Gasteiger partial charge in [-0.15, -0.1) is 0 Å². The van der Waals surface area contributed by atoms with Crippen LogP contribution >= 0.6 is 0 Å². The number of rotatable bonds is 9. The number of benzene rings is 1. The Labute approximate surface area is 193 Å². The second kappa shape index (κ2) is 10.1. The predicted octanol–water partition coefficient (Wildman–Crippen LogP) is 7.46. The highest BCUT2D eigenvalue weighted by molar-refractivity contribution is 6.74. The van der Waals surface area contributed by atoms with Crippen molar-refractivity contribution in [1.82, 2.24) is 0 Å². The Kier molecular flexibility index (Phi) is 8.14. The highest BCUT2D eigenvalue weighted by Crippen LogP contribution is 2.50. The molecule has 0 aromatic heterocycles. The van der Waals surface area contributed by atoms with Gasteiger partial charge in [-0.3, -0.25) is 0 Å². The summed E-state index contributed by atoms with van der Waals surface area (Å²) in [6.45, 7) is 16.4. The fourth-order valence-electron chi connectivity index (χ4n) is 5.84. The number of hydrogen-bond acceptors (Lipinski definition) is 2. The molecule has 3 rings (SSSR count). The average Bonchev–Trinajstić information content (AvgIpc) is 3.00. The van der Waals surface area contributed by atoms with E-state index in [1.54, 1.807) is 11.1 Å². The molecule has 2 aliphatic rings. The van der Waals surface area contributed by atoms with Crippen LogP contribution in [0, 0.1) is 24.7 Å². The van der Waals surface area contributed by atoms with E-state index in [1.165, 1.54) is 37.7 Å². The third kappa shape index (κ3) is 5.84. The first-order valence-electron chi connectivity index (χ1n) is 13.0. The van der Waals surface area contributed by atoms with Gasteiger partial charge < -0.3 is 9.53 Å². The van der Waals surface area contributed by atoms with Crippen LogP contribution in [0.15, 0.2) is 18.2 Å². The van der Waals surface area contributed by atoms with Crippen LogP contribution in [0.1, 0.15) is 89.3 Å². The van der Waals surface area contributed by atoms with Gasteiger partial charge in [-0.05, 0) is 98.0 Å². The first-order valence-corrected chi connectivity index (χ1v) is 15.9. The van der Waals surface area contributed by atoms with Crippen molar-refractivity contribution in [3.05, 3.63) is 34.9 Å². The summed E-state index contributed by atoms with van der Waals surface area (Å²) in [6.07, 6.45) is 10.5. The number of hydrogen-bond donors (Lipinski definition) is 1. The zero-order valence-electron chi connectivity index (χ0n) is 21.3. The molecular formula is C28H48O2Si. The van der Waals surface area contributed by atoms with E-state index < -0.39 is 8.32 Å². The standard InChI is InChI=1S/C28H48O2Si/c1-8-9-10-14-23(29)15-16-24-26-17-21-13-11-12-20(2)25(21)18-22(26)19-27(24)30-31(6,7)28(3,4)5/h11-13,22-24,26-27,29H,8-10,14-19H2,1-7H3/t22-,23-,24+,26-,27?/m0/s1. The van der Waals surface area contributed by atoms with E-state index in [0.29, 0.717) is 17.9 Å². The lowest BCUT2D eigenvalue weighted by Crippen LogP contribution is -2.45. The number of unbranched alkanes of at least 4 members (excludes halogenated alkanes) is 2. The van der Waals surface area contributed by atoms with Gasteiger partial charge in [0.1, 0.15) is 0 Å². The molecular weight excluding hydrogens is 396 g/mol. The van der Waals surface area contributed by atoms with Crippen molar-refractivity contribution < 1.29 is 9.53 Å². The number of aryl methyl sites for hydroxylation is 1. The SMILES string of the molecule is CCCCC[C@H](O)CC[C@H]1C(O[Si](C)(C)C(C)(C)C)C[C@@H]2Cc3c(C)cccc3C[C@@H]21. The van der Waals surface area contributed by atoms with E-state index >= 15 is 0 Å². The van der Waals surface area contributed by atoms with Gasteiger partial charge in [-0.1, -0.05) is 65.2 Å². The van der Waals surface area contributed by atoms with Crippen LogP contribution in [0.25, 0.3) is 0 Å². The molecule has 1 N–H and O–H groups in total. The molecule has 0 heterocycles. The van der Waals surface area contributed by atoms with Crippen molar-refractivity contribution in [1.29, 1.82) is 0 Å². The highest BCUT2D eigenvalue weighted by atomic mass is 28.4. The predicted molar refractivity (Wildman–Crippen MR) is 135 cm³/mol. The van der Waals surface area contributed by atoms with Gasteiger partial charge in [0, 0.05) is 6.10 Å². The zero-order chi connectivity index (χ0) is 22.8. The van der Waals surface area contributed by atoms with Crippen LogP contribution in [0.5, 0.6) is 0 Å². The topological polar surface area (TPSA) is 29.5 Å². The van der Waals surface area contributed by atoms with E-state index in [1.807, 2.05) is 0 Å². The molecule has 2 aliphatic carbocycles. The molecule has 176 valence electrons. The molecule has 1 unspecified atom stereocenters. The van der Waals surface area contributed by atoms with Crippen molar-refractivity contribution in [3.63, 3.8) is 0 Å². The molecule has 0 aliphatic heterocycles. The summed E-state index contributed by atoms with van der Waals surface area (Å²) in [5.41, 5.74) is 4.64. The monoisotopic (exact) mass is 444 g/mol. The fraction of sp³-hybridized carbons (Fsp3) is 0.786. The Morgan fingerprint density at radius 2 is 1.87 bits per heavy atom. The summed E-state index contributed by atoms with van der Waals surface area (Å²) in [6, 6.07) is 6.87. The Morgan fingerprint density at radius 1 is 1.13 bits per heavy atom. The molecule has 1 fully saturated rings. The van der Waals surface area contributed by atoms with Gasteiger partial charge in [0.05, 0.1) is 6.10 Å². The molecule has 2 nitrogen and oxygen atoms in total. The molecule has 3 heteroatoms. The maximum Gasteiger partial charge on any atom is 0.192 e. The molecule has 1 aromatic rings. The van der Waals surface area contributed by atoms with Crippen LogP contribution in [0.3, 0.4) is 0 Å². The highest BCUT2D eigenvalue weighted by Gasteiger charge is 2.49. The minimum atomic E-state index is -1.81. The minimum Gasteiger partial charge on any atom is -0.414 e. The van der Waals surface area contributed by atoms with Crippen LogP contribution < -0.4 is 0 Å². The lowest BCUT2D eigenvalue weighted by Gasteiger charge is -2.40. The Hall–Kier alpha value is -0.643. The van der Waals surface area contributed by atoms with E-state index in [4.69, 9.17) is 4.43 Å². The molecule has 0 bridgehead atoms. The van der Waals surface area contributed by atoms with E-state index in [2.05, 4.69) is 65.9 Å². The molecule has 1 saturated carbocycles. The summed E-state index contributed by atoms with van der Waals surface area (Å²) >= 11 is 0. The largest absolute Gasteiger partial charge is 0.414 e.